The van der Waals surface area contributed by atoms with E-state index in [1.807, 2.05) is 12.1 Å². The Labute approximate surface area is 89.2 Å². The Morgan fingerprint density at radius 3 is 2.60 bits per heavy atom. The van der Waals surface area contributed by atoms with Gasteiger partial charge < -0.3 is 5.11 Å². The van der Waals surface area contributed by atoms with Crippen LogP contribution in [-0.2, 0) is 10.2 Å². The predicted molar refractivity (Wildman–Crippen MR) is 56.6 cm³/mol. The minimum absolute atomic E-state index is 0.564. The van der Waals surface area contributed by atoms with Crippen LogP contribution < -0.4 is 0 Å². The number of hydrogen-bond donors (Lipinski definition) is 1. The molecule has 3 heteroatoms. The number of carbonyl (C=O) groups is 1. The molecule has 1 aromatic heterocycles. The Bertz CT molecular complexity index is 355. The molecule has 1 aliphatic rings. The van der Waals surface area contributed by atoms with Gasteiger partial charge in [-0.2, -0.15) is 0 Å². The van der Waals surface area contributed by atoms with Gasteiger partial charge in [-0.15, -0.1) is 0 Å². The summed E-state index contributed by atoms with van der Waals surface area (Å²) in [5.41, 5.74) is 0.263. The zero-order valence-corrected chi connectivity index (χ0v) is 8.81. The Hall–Kier alpha value is -1.38. The quantitative estimate of drug-likeness (QED) is 0.823. The van der Waals surface area contributed by atoms with Gasteiger partial charge in [0.1, 0.15) is 0 Å². The van der Waals surface area contributed by atoms with E-state index in [9.17, 15) is 9.90 Å². The molecular formula is C12H15NO2. The molecule has 0 amide bonds. The van der Waals surface area contributed by atoms with Crippen molar-refractivity contribution >= 4 is 5.97 Å². The maximum absolute atomic E-state index is 11.3. The average Bonchev–Trinajstić information content (AvgIpc) is 2.18. The average molecular weight is 205 g/mol. The number of pyridine rings is 1. The third kappa shape index (κ3) is 1.52. The summed E-state index contributed by atoms with van der Waals surface area (Å²) >= 11 is 0. The summed E-state index contributed by atoms with van der Waals surface area (Å²) in [6, 6.07) is 3.64. The summed E-state index contributed by atoms with van der Waals surface area (Å²) in [7, 11) is 0. The molecule has 1 aromatic rings. The van der Waals surface area contributed by atoms with E-state index in [1.165, 1.54) is 0 Å². The van der Waals surface area contributed by atoms with E-state index in [0.29, 0.717) is 5.92 Å². The highest BCUT2D eigenvalue weighted by molar-refractivity contribution is 5.82. The lowest BCUT2D eigenvalue weighted by Gasteiger charge is -2.44. The fraction of sp³-hybridized carbons (Fsp3) is 0.500. The van der Waals surface area contributed by atoms with Crippen molar-refractivity contribution in [3.05, 3.63) is 30.1 Å². The molecule has 1 aliphatic carbocycles. The van der Waals surface area contributed by atoms with Crippen molar-refractivity contribution in [1.29, 1.82) is 0 Å². The lowest BCUT2D eigenvalue weighted by atomic mass is 9.58. The highest BCUT2D eigenvalue weighted by atomic mass is 16.4. The lowest BCUT2D eigenvalue weighted by molar-refractivity contribution is -0.149. The first-order chi connectivity index (χ1) is 7.19. The monoisotopic (exact) mass is 205 g/mol. The van der Waals surface area contributed by atoms with Crippen LogP contribution in [0.5, 0.6) is 0 Å². The molecule has 1 fully saturated rings. The minimum atomic E-state index is -0.696. The molecule has 1 heterocycles. The van der Waals surface area contributed by atoms with Crippen LogP contribution in [0.25, 0.3) is 0 Å². The van der Waals surface area contributed by atoms with Crippen LogP contribution in [0.2, 0.25) is 0 Å². The molecule has 3 nitrogen and oxygen atoms in total. The molecule has 0 aliphatic heterocycles. The van der Waals surface area contributed by atoms with Crippen molar-refractivity contribution in [2.75, 3.05) is 0 Å². The van der Waals surface area contributed by atoms with Gasteiger partial charge >= 0.3 is 5.97 Å². The Balaban J connectivity index is 2.27. The largest absolute Gasteiger partial charge is 0.481 e. The van der Waals surface area contributed by atoms with E-state index in [1.54, 1.807) is 12.4 Å². The van der Waals surface area contributed by atoms with Gasteiger partial charge in [0, 0.05) is 12.4 Å². The molecule has 0 aromatic carbocycles. The predicted octanol–water partition coefficient (Wildman–Crippen LogP) is 2.22. The minimum Gasteiger partial charge on any atom is -0.481 e. The molecule has 0 saturated heterocycles. The van der Waals surface area contributed by atoms with E-state index >= 15 is 0 Å². The van der Waals surface area contributed by atoms with Crippen molar-refractivity contribution in [2.24, 2.45) is 5.92 Å². The summed E-state index contributed by atoms with van der Waals surface area (Å²) in [6.45, 7) is 2.11. The molecule has 0 atom stereocenters. The molecule has 1 saturated carbocycles. The van der Waals surface area contributed by atoms with Crippen LogP contribution in [0.4, 0.5) is 0 Å². The van der Waals surface area contributed by atoms with Gasteiger partial charge in [0.05, 0.1) is 5.41 Å². The molecule has 0 radical (unpaired) electrons. The van der Waals surface area contributed by atoms with E-state index in [2.05, 4.69) is 11.9 Å². The van der Waals surface area contributed by atoms with E-state index in [-0.39, 0.29) is 0 Å². The molecule has 15 heavy (non-hydrogen) atoms. The zero-order chi connectivity index (χ0) is 10.9. The summed E-state index contributed by atoms with van der Waals surface area (Å²) in [6.07, 6.45) is 5.93. The SMILES string of the molecule is CCC1CC(C(=O)O)(c2ccncc2)C1. The first-order valence-corrected chi connectivity index (χ1v) is 5.33. The summed E-state index contributed by atoms with van der Waals surface area (Å²) in [4.78, 5) is 15.3. The molecule has 2 rings (SSSR count). The summed E-state index contributed by atoms with van der Waals surface area (Å²) in [5.74, 6) is -0.132. The van der Waals surface area contributed by atoms with Gasteiger partial charge in [0.15, 0.2) is 0 Å². The molecule has 80 valence electrons. The van der Waals surface area contributed by atoms with Gasteiger partial charge in [-0.3, -0.25) is 9.78 Å². The number of carboxylic acid groups (broad SMARTS) is 1. The third-order valence-electron chi connectivity index (χ3n) is 3.49. The van der Waals surface area contributed by atoms with Gasteiger partial charge in [0.2, 0.25) is 0 Å². The fourth-order valence-corrected chi connectivity index (χ4v) is 2.42. The molecular weight excluding hydrogens is 190 g/mol. The maximum Gasteiger partial charge on any atom is 0.314 e. The number of aliphatic carboxylic acids is 1. The maximum atomic E-state index is 11.3. The second-order valence-corrected chi connectivity index (χ2v) is 4.31. The Kier molecular flexibility index (Phi) is 2.47. The number of aromatic nitrogens is 1. The van der Waals surface area contributed by atoms with Crippen molar-refractivity contribution in [3.63, 3.8) is 0 Å². The normalized spacial score (nSPS) is 29.5. The van der Waals surface area contributed by atoms with Crippen LogP contribution in [0.1, 0.15) is 31.7 Å². The number of rotatable bonds is 3. The number of carboxylic acids is 1. The number of hydrogen-bond acceptors (Lipinski definition) is 2. The highest BCUT2D eigenvalue weighted by Crippen LogP contribution is 2.49. The van der Waals surface area contributed by atoms with E-state index in [0.717, 1.165) is 24.8 Å². The van der Waals surface area contributed by atoms with Crippen LogP contribution in [0.15, 0.2) is 24.5 Å². The standard InChI is InChI=1S/C12H15NO2/c1-2-9-7-12(8-9,11(14)15)10-3-5-13-6-4-10/h3-6,9H,2,7-8H2,1H3,(H,14,15). The van der Waals surface area contributed by atoms with Crippen molar-refractivity contribution in [2.45, 2.75) is 31.6 Å². The van der Waals surface area contributed by atoms with Crippen molar-refractivity contribution in [1.82, 2.24) is 4.98 Å². The molecule has 0 unspecified atom stereocenters. The highest BCUT2D eigenvalue weighted by Gasteiger charge is 2.50. The lowest BCUT2D eigenvalue weighted by Crippen LogP contribution is -2.47. The molecule has 0 spiro atoms. The van der Waals surface area contributed by atoms with Crippen LogP contribution in [0.3, 0.4) is 0 Å². The van der Waals surface area contributed by atoms with E-state index < -0.39 is 11.4 Å². The second-order valence-electron chi connectivity index (χ2n) is 4.31. The van der Waals surface area contributed by atoms with Crippen LogP contribution in [0, 0.1) is 5.92 Å². The summed E-state index contributed by atoms with van der Waals surface area (Å²) < 4.78 is 0. The third-order valence-corrected chi connectivity index (χ3v) is 3.49. The van der Waals surface area contributed by atoms with Crippen molar-refractivity contribution < 1.29 is 9.90 Å². The Morgan fingerprint density at radius 2 is 2.13 bits per heavy atom. The van der Waals surface area contributed by atoms with Crippen LogP contribution >= 0.6 is 0 Å². The van der Waals surface area contributed by atoms with Crippen molar-refractivity contribution in [3.8, 4) is 0 Å². The van der Waals surface area contributed by atoms with Gasteiger partial charge in [-0.05, 0) is 36.5 Å². The van der Waals surface area contributed by atoms with E-state index in [4.69, 9.17) is 0 Å². The van der Waals surface area contributed by atoms with Gasteiger partial charge in [0.25, 0.3) is 0 Å². The van der Waals surface area contributed by atoms with Crippen LogP contribution in [-0.4, -0.2) is 16.1 Å². The van der Waals surface area contributed by atoms with Gasteiger partial charge in [-0.1, -0.05) is 13.3 Å². The number of nitrogens with zero attached hydrogens (tertiary/aromatic N) is 1. The first kappa shape index (κ1) is 10.1. The second kappa shape index (κ2) is 3.65. The van der Waals surface area contributed by atoms with Gasteiger partial charge in [-0.25, -0.2) is 0 Å². The molecule has 1 N–H and O–H groups in total. The Morgan fingerprint density at radius 1 is 1.53 bits per heavy atom. The topological polar surface area (TPSA) is 50.2 Å². The smallest absolute Gasteiger partial charge is 0.314 e. The molecule has 0 bridgehead atoms. The fourth-order valence-electron chi connectivity index (χ4n) is 2.42. The first-order valence-electron chi connectivity index (χ1n) is 5.33. The summed E-state index contributed by atoms with van der Waals surface area (Å²) in [5, 5.41) is 9.33. The zero-order valence-electron chi connectivity index (χ0n) is 8.81.